The van der Waals surface area contributed by atoms with Gasteiger partial charge in [-0.2, -0.15) is 5.26 Å². The van der Waals surface area contributed by atoms with Crippen LogP contribution in [0.25, 0.3) is 0 Å². The van der Waals surface area contributed by atoms with E-state index >= 15 is 0 Å². The Balaban J connectivity index is 1.71. The van der Waals surface area contributed by atoms with Crippen LogP contribution in [0.4, 0.5) is 5.69 Å². The average molecular weight is 359 g/mol. The van der Waals surface area contributed by atoms with Crippen LogP contribution in [-0.2, 0) is 0 Å². The van der Waals surface area contributed by atoms with Crippen molar-refractivity contribution in [2.45, 2.75) is 25.3 Å². The number of nitrogens with zero attached hydrogens (tertiary/aromatic N) is 1. The number of ether oxygens (including phenoxy) is 1. The second-order valence-electron chi connectivity index (χ2n) is 6.98. The van der Waals surface area contributed by atoms with Gasteiger partial charge in [0.05, 0.1) is 12.0 Å². The van der Waals surface area contributed by atoms with Crippen LogP contribution in [-0.4, -0.2) is 12.6 Å². The normalized spacial score (nSPS) is 22.3. The topological polar surface area (TPSA) is 85.2 Å². The van der Waals surface area contributed by atoms with Crippen molar-refractivity contribution in [2.24, 2.45) is 5.92 Å². The number of carbonyl (C=O) groups is 1. The average Bonchev–Trinajstić information content (AvgIpc) is 3.16. The van der Waals surface area contributed by atoms with Crippen LogP contribution in [0.1, 0.15) is 45.4 Å². The van der Waals surface area contributed by atoms with E-state index in [1.54, 1.807) is 6.07 Å². The maximum absolute atomic E-state index is 11.4. The van der Waals surface area contributed by atoms with Crippen LogP contribution >= 0.6 is 0 Å². The zero-order chi connectivity index (χ0) is 19.0. The van der Waals surface area contributed by atoms with E-state index in [1.807, 2.05) is 43.3 Å². The highest BCUT2D eigenvalue weighted by Gasteiger charge is 2.38. The lowest BCUT2D eigenvalue weighted by Gasteiger charge is -2.39. The maximum atomic E-state index is 11.4. The molecule has 2 aromatic rings. The van der Waals surface area contributed by atoms with Crippen LogP contribution in [0.15, 0.2) is 48.6 Å². The number of carbonyl (C=O) groups excluding carboxylic acids is 1. The van der Waals surface area contributed by atoms with Gasteiger partial charge in [-0.05, 0) is 48.1 Å². The van der Waals surface area contributed by atoms with Gasteiger partial charge in [-0.1, -0.05) is 36.4 Å². The number of aromatic carboxylic acids is 1. The highest BCUT2D eigenvalue weighted by molar-refractivity contribution is 5.90. The molecule has 136 valence electrons. The number of allylic oxidation sites excluding steroid dienone is 2. The van der Waals surface area contributed by atoms with E-state index in [0.29, 0.717) is 17.2 Å². The molecule has 5 nitrogen and oxygen atoms in total. The first kappa shape index (κ1) is 17.2. The van der Waals surface area contributed by atoms with E-state index in [0.717, 1.165) is 23.2 Å². The van der Waals surface area contributed by atoms with E-state index in [2.05, 4.69) is 17.5 Å². The molecule has 0 bridgehead atoms. The summed E-state index contributed by atoms with van der Waals surface area (Å²) in [5.74, 6) is 0.136. The highest BCUT2D eigenvalue weighted by Crippen LogP contribution is 2.51. The van der Waals surface area contributed by atoms with Crippen LogP contribution < -0.4 is 15.2 Å². The van der Waals surface area contributed by atoms with Crippen molar-refractivity contribution >= 4 is 11.7 Å². The van der Waals surface area contributed by atoms with Crippen molar-refractivity contribution in [1.82, 2.24) is 0 Å². The number of rotatable bonds is 4. The van der Waals surface area contributed by atoms with Gasteiger partial charge in [0.15, 0.2) is 6.61 Å². The molecule has 0 unspecified atom stereocenters. The van der Waals surface area contributed by atoms with Gasteiger partial charge in [0.25, 0.3) is 0 Å². The molecule has 2 aliphatic rings. The van der Waals surface area contributed by atoms with Crippen molar-refractivity contribution in [2.75, 3.05) is 11.9 Å². The first-order valence-electron chi connectivity index (χ1n) is 8.98. The molecule has 27 heavy (non-hydrogen) atoms. The highest BCUT2D eigenvalue weighted by atomic mass is 16.5. The quantitative estimate of drug-likeness (QED) is 0.848. The number of hydrogen-bond acceptors (Lipinski definition) is 5. The first-order chi connectivity index (χ1) is 13.1. The molecule has 1 N–H and O–H groups in total. The Labute approximate surface area is 157 Å². The lowest BCUT2D eigenvalue weighted by atomic mass is 9.76. The van der Waals surface area contributed by atoms with Gasteiger partial charge < -0.3 is 20.0 Å². The molecule has 0 fully saturated rings. The molecule has 0 spiro atoms. The molecule has 0 aromatic heterocycles. The summed E-state index contributed by atoms with van der Waals surface area (Å²) in [7, 11) is 0. The largest absolute Gasteiger partial charge is 0.545 e. The summed E-state index contributed by atoms with van der Waals surface area (Å²) in [6.07, 6.45) is 5.39. The molecule has 4 rings (SSSR count). The van der Waals surface area contributed by atoms with Crippen molar-refractivity contribution in [3.8, 4) is 11.8 Å². The first-order valence-corrected chi connectivity index (χ1v) is 8.98. The van der Waals surface area contributed by atoms with E-state index in [9.17, 15) is 9.90 Å². The van der Waals surface area contributed by atoms with Crippen molar-refractivity contribution in [3.63, 3.8) is 0 Å². The zero-order valence-corrected chi connectivity index (χ0v) is 14.9. The summed E-state index contributed by atoms with van der Waals surface area (Å²) < 4.78 is 5.34. The van der Waals surface area contributed by atoms with Gasteiger partial charge in [-0.3, -0.25) is 0 Å². The van der Waals surface area contributed by atoms with E-state index < -0.39 is 5.97 Å². The Hall–Kier alpha value is -3.26. The Morgan fingerprint density at radius 3 is 2.78 bits per heavy atom. The summed E-state index contributed by atoms with van der Waals surface area (Å²) >= 11 is 0. The van der Waals surface area contributed by atoms with Crippen LogP contribution in [0, 0.1) is 24.2 Å². The van der Waals surface area contributed by atoms with Gasteiger partial charge >= 0.3 is 0 Å². The summed E-state index contributed by atoms with van der Waals surface area (Å²) in [6.45, 7) is 1.85. The fourth-order valence-electron chi connectivity index (χ4n) is 4.25. The lowest BCUT2D eigenvalue weighted by Crippen LogP contribution is -2.31. The van der Waals surface area contributed by atoms with Gasteiger partial charge in [0, 0.05) is 17.2 Å². The fourth-order valence-corrected chi connectivity index (χ4v) is 4.25. The molecule has 0 radical (unpaired) electrons. The van der Waals surface area contributed by atoms with Gasteiger partial charge in [-0.25, -0.2) is 0 Å². The number of fused-ring (bicyclic) bond motifs is 3. The van der Waals surface area contributed by atoms with Crippen LogP contribution in [0.2, 0.25) is 0 Å². The molecule has 5 heteroatoms. The summed E-state index contributed by atoms with van der Waals surface area (Å²) in [5.41, 5.74) is 4.08. The predicted molar refractivity (Wildman–Crippen MR) is 99.4 cm³/mol. The minimum Gasteiger partial charge on any atom is -0.545 e. The lowest BCUT2D eigenvalue weighted by molar-refractivity contribution is -0.255. The number of nitrogens with one attached hydrogen (secondary N) is 1. The second-order valence-corrected chi connectivity index (χ2v) is 6.98. The molecule has 1 heterocycles. The third kappa shape index (κ3) is 2.93. The number of carboxylic acid groups (broad SMARTS) is 1. The summed E-state index contributed by atoms with van der Waals surface area (Å²) in [5, 5.41) is 23.6. The Bertz CT molecular complexity index is 957. The van der Waals surface area contributed by atoms with Gasteiger partial charge in [0.1, 0.15) is 11.8 Å². The molecule has 0 saturated heterocycles. The molecule has 0 amide bonds. The smallest absolute Gasteiger partial charge is 0.174 e. The SMILES string of the molecule is Cc1c(C(=O)[O-])ccc2c1N[C@H](c1ccc(OCC#N)cc1)[C@@H]1CC=C[C@H]21. The zero-order valence-electron chi connectivity index (χ0n) is 14.9. The molecule has 1 aliphatic heterocycles. The number of nitriles is 1. The molecule has 3 atom stereocenters. The van der Waals surface area contributed by atoms with E-state index in [-0.39, 0.29) is 24.1 Å². The molecular weight excluding hydrogens is 340 g/mol. The minimum atomic E-state index is -1.16. The van der Waals surface area contributed by atoms with E-state index in [1.165, 1.54) is 0 Å². The number of hydrogen-bond donors (Lipinski definition) is 1. The minimum absolute atomic E-state index is 0.0220. The summed E-state index contributed by atoms with van der Waals surface area (Å²) in [4.78, 5) is 11.4. The fraction of sp³-hybridized carbons (Fsp3) is 0.273. The Morgan fingerprint density at radius 1 is 1.30 bits per heavy atom. The third-order valence-electron chi connectivity index (χ3n) is 5.56. The Morgan fingerprint density at radius 2 is 2.07 bits per heavy atom. The number of carboxylic acids is 1. The molecule has 1 aliphatic carbocycles. The van der Waals surface area contributed by atoms with Gasteiger partial charge in [0.2, 0.25) is 0 Å². The van der Waals surface area contributed by atoms with Crippen LogP contribution in [0.5, 0.6) is 5.75 Å². The summed E-state index contributed by atoms with van der Waals surface area (Å²) in [6, 6.07) is 13.3. The Kier molecular flexibility index (Phi) is 4.33. The standard InChI is InChI=1S/C22H20N2O3/c1-13-16(22(25)26)9-10-19-17-3-2-4-18(17)21(24-20(13)19)14-5-7-15(8-6-14)27-12-11-23/h2-3,5-10,17-18,21,24H,4,12H2,1H3,(H,25,26)/p-1/t17-,18+,21+/m0/s1. The number of benzene rings is 2. The second kappa shape index (κ2) is 6.81. The van der Waals surface area contributed by atoms with Crippen LogP contribution in [0.3, 0.4) is 0 Å². The monoisotopic (exact) mass is 359 g/mol. The van der Waals surface area contributed by atoms with Crippen molar-refractivity contribution < 1.29 is 14.6 Å². The van der Waals surface area contributed by atoms with Crippen molar-refractivity contribution in [1.29, 1.82) is 5.26 Å². The third-order valence-corrected chi connectivity index (χ3v) is 5.56. The number of anilines is 1. The maximum Gasteiger partial charge on any atom is 0.174 e. The van der Waals surface area contributed by atoms with Crippen molar-refractivity contribution in [3.05, 3.63) is 70.8 Å². The molecule has 2 aromatic carbocycles. The molecular formula is C22H19N2O3-. The van der Waals surface area contributed by atoms with E-state index in [4.69, 9.17) is 10.00 Å². The predicted octanol–water partition coefficient (Wildman–Crippen LogP) is 3.09. The molecule has 0 saturated carbocycles. The van der Waals surface area contributed by atoms with Gasteiger partial charge in [-0.15, -0.1) is 0 Å².